The molecule has 1 amide bonds. The summed E-state index contributed by atoms with van der Waals surface area (Å²) in [7, 11) is 0. The number of amidine groups is 1. The second kappa shape index (κ2) is 7.91. The van der Waals surface area contributed by atoms with Crippen LogP contribution in [0.3, 0.4) is 0 Å². The van der Waals surface area contributed by atoms with Gasteiger partial charge >= 0.3 is 0 Å². The number of anilines is 1. The average Bonchev–Trinajstić information content (AvgIpc) is 3.19. The highest BCUT2D eigenvalue weighted by Gasteiger charge is 2.50. The van der Waals surface area contributed by atoms with Gasteiger partial charge in [-0.25, -0.2) is 14.4 Å². The summed E-state index contributed by atoms with van der Waals surface area (Å²) in [4.78, 5) is 21.1. The number of amides is 1. The first-order valence-electron chi connectivity index (χ1n) is 9.70. The molecule has 0 unspecified atom stereocenters. The Balaban J connectivity index is 1.60. The Labute approximate surface area is 173 Å². The molecule has 2 aromatic rings. The number of benzene rings is 1. The predicted molar refractivity (Wildman–Crippen MR) is 108 cm³/mol. The van der Waals surface area contributed by atoms with Crippen LogP contribution in [0.1, 0.15) is 29.9 Å². The fourth-order valence-corrected chi connectivity index (χ4v) is 3.88. The molecule has 4 rings (SSSR count). The topological polar surface area (TPSA) is 108 Å². The van der Waals surface area contributed by atoms with E-state index in [-0.39, 0.29) is 23.7 Å². The van der Waals surface area contributed by atoms with Crippen molar-refractivity contribution in [1.82, 2.24) is 4.98 Å². The molecule has 158 valence electrons. The zero-order valence-electron chi connectivity index (χ0n) is 16.7. The molecule has 3 N–H and O–H groups in total. The standard InChI is InChI=1S/C21H23FN4O4/c1-3-29-13-5-7-17(24-9-13)19(27)25-12-4-6-16(22)14(8-12)21(2)15-10-28-11-18(15)30-20(23)26-21/h4-9,15,18H,3,10-11H2,1-2H3,(H2,23,26)(H,25,27)/t15-,18+,21+/m0/s1. The predicted octanol–water partition coefficient (Wildman–Crippen LogP) is 2.45. The molecule has 8 nitrogen and oxygen atoms in total. The minimum atomic E-state index is -0.980. The number of halogens is 1. The number of carbonyl (C=O) groups is 1. The smallest absolute Gasteiger partial charge is 0.283 e. The third kappa shape index (κ3) is 3.68. The van der Waals surface area contributed by atoms with Crippen molar-refractivity contribution in [1.29, 1.82) is 0 Å². The highest BCUT2D eigenvalue weighted by molar-refractivity contribution is 6.02. The Hall–Kier alpha value is -3.20. The van der Waals surface area contributed by atoms with Gasteiger partial charge in [-0.1, -0.05) is 0 Å². The highest BCUT2D eigenvalue weighted by atomic mass is 19.1. The largest absolute Gasteiger partial charge is 0.492 e. The summed E-state index contributed by atoms with van der Waals surface area (Å²) in [5.41, 5.74) is 5.81. The minimum absolute atomic E-state index is 0.00308. The summed E-state index contributed by atoms with van der Waals surface area (Å²) in [6.45, 7) is 4.92. The summed E-state index contributed by atoms with van der Waals surface area (Å²) in [5.74, 6) is -0.482. The molecule has 1 fully saturated rings. The zero-order chi connectivity index (χ0) is 21.3. The Morgan fingerprint density at radius 1 is 1.37 bits per heavy atom. The first-order chi connectivity index (χ1) is 14.4. The summed E-state index contributed by atoms with van der Waals surface area (Å²) < 4.78 is 31.2. The third-order valence-corrected chi connectivity index (χ3v) is 5.41. The van der Waals surface area contributed by atoms with Crippen molar-refractivity contribution in [3.63, 3.8) is 0 Å². The number of rotatable bonds is 5. The van der Waals surface area contributed by atoms with E-state index in [4.69, 9.17) is 19.9 Å². The molecule has 0 saturated carbocycles. The van der Waals surface area contributed by atoms with Gasteiger partial charge in [0.2, 0.25) is 0 Å². The second-order valence-corrected chi connectivity index (χ2v) is 7.36. The highest BCUT2D eigenvalue weighted by Crippen LogP contribution is 2.43. The third-order valence-electron chi connectivity index (χ3n) is 5.41. The summed E-state index contributed by atoms with van der Waals surface area (Å²) >= 11 is 0. The number of ether oxygens (including phenoxy) is 3. The molecule has 30 heavy (non-hydrogen) atoms. The number of carbonyl (C=O) groups excluding carboxylic acids is 1. The molecular weight excluding hydrogens is 391 g/mol. The number of fused-ring (bicyclic) bond motifs is 1. The molecule has 2 aliphatic rings. The number of hydrogen-bond acceptors (Lipinski definition) is 7. The zero-order valence-corrected chi connectivity index (χ0v) is 16.7. The lowest BCUT2D eigenvalue weighted by Crippen LogP contribution is -2.47. The lowest BCUT2D eigenvalue weighted by molar-refractivity contribution is 0.0817. The van der Waals surface area contributed by atoms with E-state index < -0.39 is 17.3 Å². The summed E-state index contributed by atoms with van der Waals surface area (Å²) in [5, 5.41) is 2.75. The number of pyridine rings is 1. The summed E-state index contributed by atoms with van der Waals surface area (Å²) in [6, 6.07) is 7.59. The van der Waals surface area contributed by atoms with Crippen molar-refractivity contribution in [3.05, 3.63) is 53.6 Å². The fraction of sp³-hybridized carbons (Fsp3) is 0.381. The van der Waals surface area contributed by atoms with Crippen LogP contribution < -0.4 is 15.8 Å². The van der Waals surface area contributed by atoms with Crippen LogP contribution in [0.25, 0.3) is 0 Å². The maximum Gasteiger partial charge on any atom is 0.283 e. The van der Waals surface area contributed by atoms with Gasteiger partial charge in [0.1, 0.15) is 23.4 Å². The quantitative estimate of drug-likeness (QED) is 0.778. The monoisotopic (exact) mass is 414 g/mol. The van der Waals surface area contributed by atoms with Crippen LogP contribution in [0.5, 0.6) is 5.75 Å². The first-order valence-corrected chi connectivity index (χ1v) is 9.70. The fourth-order valence-electron chi connectivity index (χ4n) is 3.88. The number of aromatic nitrogens is 1. The molecule has 3 heterocycles. The van der Waals surface area contributed by atoms with Crippen LogP contribution in [0.15, 0.2) is 41.5 Å². The number of hydrogen-bond donors (Lipinski definition) is 2. The van der Waals surface area contributed by atoms with E-state index in [0.29, 0.717) is 36.8 Å². The maximum atomic E-state index is 14.8. The molecule has 3 atom stereocenters. The van der Waals surface area contributed by atoms with Gasteiger partial charge in [-0.3, -0.25) is 4.79 Å². The van der Waals surface area contributed by atoms with Crippen LogP contribution in [-0.2, 0) is 15.0 Å². The molecule has 9 heteroatoms. The van der Waals surface area contributed by atoms with Gasteiger partial charge in [-0.2, -0.15) is 0 Å². The molecule has 0 bridgehead atoms. The lowest BCUT2D eigenvalue weighted by atomic mass is 9.77. The van der Waals surface area contributed by atoms with E-state index in [2.05, 4.69) is 15.3 Å². The van der Waals surface area contributed by atoms with Crippen molar-refractivity contribution in [3.8, 4) is 5.75 Å². The number of nitrogens with two attached hydrogens (primary N) is 1. The molecular formula is C21H23FN4O4. The van der Waals surface area contributed by atoms with Crippen molar-refractivity contribution >= 4 is 17.6 Å². The van der Waals surface area contributed by atoms with Crippen molar-refractivity contribution < 1.29 is 23.4 Å². The van der Waals surface area contributed by atoms with Gasteiger partial charge in [-0.05, 0) is 44.2 Å². The van der Waals surface area contributed by atoms with Gasteiger partial charge < -0.3 is 25.3 Å². The maximum absolute atomic E-state index is 14.8. The van der Waals surface area contributed by atoms with Crippen molar-refractivity contribution in [2.75, 3.05) is 25.1 Å². The summed E-state index contributed by atoms with van der Waals surface area (Å²) in [6.07, 6.45) is 1.19. The lowest BCUT2D eigenvalue weighted by Gasteiger charge is -2.38. The Morgan fingerprint density at radius 2 is 2.20 bits per heavy atom. The van der Waals surface area contributed by atoms with Crippen LogP contribution in [0.4, 0.5) is 10.1 Å². The van der Waals surface area contributed by atoms with Crippen LogP contribution in [0, 0.1) is 11.7 Å². The van der Waals surface area contributed by atoms with Gasteiger partial charge in [0.25, 0.3) is 11.9 Å². The van der Waals surface area contributed by atoms with Crippen LogP contribution >= 0.6 is 0 Å². The number of aliphatic imine (C=N–C) groups is 1. The Morgan fingerprint density at radius 3 is 2.93 bits per heavy atom. The van der Waals surface area contributed by atoms with E-state index in [1.807, 2.05) is 6.92 Å². The Kier molecular flexibility index (Phi) is 5.29. The second-order valence-electron chi connectivity index (χ2n) is 7.36. The first kappa shape index (κ1) is 20.1. The van der Waals surface area contributed by atoms with E-state index >= 15 is 0 Å². The Bertz CT molecular complexity index is 981. The molecule has 0 radical (unpaired) electrons. The van der Waals surface area contributed by atoms with Crippen molar-refractivity contribution in [2.24, 2.45) is 16.6 Å². The van der Waals surface area contributed by atoms with Gasteiger partial charge in [0, 0.05) is 11.3 Å². The van der Waals surface area contributed by atoms with Gasteiger partial charge in [-0.15, -0.1) is 0 Å². The SMILES string of the molecule is CCOc1ccc(C(=O)Nc2ccc(F)c([C@@]3(C)N=C(N)O[C@@H]4COC[C@@H]43)c2)nc1. The molecule has 1 saturated heterocycles. The molecule has 0 aliphatic carbocycles. The average molecular weight is 414 g/mol. The van der Waals surface area contributed by atoms with E-state index in [9.17, 15) is 9.18 Å². The molecule has 1 aromatic heterocycles. The normalized spacial score (nSPS) is 25.1. The van der Waals surface area contributed by atoms with Gasteiger partial charge in [0.05, 0.1) is 37.5 Å². The van der Waals surface area contributed by atoms with Crippen LogP contribution in [-0.4, -0.2) is 42.8 Å². The molecule has 0 spiro atoms. The van der Waals surface area contributed by atoms with Crippen molar-refractivity contribution in [2.45, 2.75) is 25.5 Å². The van der Waals surface area contributed by atoms with Gasteiger partial charge in [0.15, 0.2) is 0 Å². The van der Waals surface area contributed by atoms with E-state index in [1.165, 1.54) is 18.3 Å². The molecule has 1 aromatic carbocycles. The number of nitrogens with one attached hydrogen (secondary N) is 1. The molecule has 2 aliphatic heterocycles. The minimum Gasteiger partial charge on any atom is -0.492 e. The number of nitrogens with zero attached hydrogens (tertiary/aromatic N) is 2. The van der Waals surface area contributed by atoms with E-state index in [1.54, 1.807) is 25.1 Å². The van der Waals surface area contributed by atoms with Crippen LogP contribution in [0.2, 0.25) is 0 Å². The van der Waals surface area contributed by atoms with E-state index in [0.717, 1.165) is 0 Å².